The highest BCUT2D eigenvalue weighted by Gasteiger charge is 2.34. The topological polar surface area (TPSA) is 27.7 Å². The third kappa shape index (κ3) is 9.02. The van der Waals surface area contributed by atoms with Gasteiger partial charge in [-0.3, -0.25) is 0 Å². The first-order valence-electron chi connectivity index (χ1n) is 12.9. The average molecular weight is 509 g/mol. The van der Waals surface area contributed by atoms with E-state index in [0.717, 1.165) is 59.5 Å². The van der Waals surface area contributed by atoms with Crippen molar-refractivity contribution >= 4 is 0 Å². The maximum atomic E-state index is 13.3. The summed E-state index contributed by atoms with van der Waals surface area (Å²) in [5.41, 5.74) is 4.81. The minimum atomic E-state index is -4.26. The van der Waals surface area contributed by atoms with Gasteiger partial charge in [-0.05, 0) is 110 Å². The van der Waals surface area contributed by atoms with Crippen LogP contribution in [-0.4, -0.2) is 25.7 Å². The van der Waals surface area contributed by atoms with Gasteiger partial charge in [0, 0.05) is 18.2 Å². The van der Waals surface area contributed by atoms with Crippen molar-refractivity contribution in [2.75, 3.05) is 13.9 Å². The zero-order chi connectivity index (χ0) is 26.9. The summed E-state index contributed by atoms with van der Waals surface area (Å²) in [6, 6.07) is 2.01. The van der Waals surface area contributed by atoms with Gasteiger partial charge in [0.15, 0.2) is 6.79 Å². The van der Waals surface area contributed by atoms with Gasteiger partial charge < -0.3 is 14.2 Å². The maximum absolute atomic E-state index is 13.3. The lowest BCUT2D eigenvalue weighted by Gasteiger charge is -2.37. The van der Waals surface area contributed by atoms with Crippen molar-refractivity contribution in [2.24, 2.45) is 0 Å². The van der Waals surface area contributed by atoms with Gasteiger partial charge in [0.1, 0.15) is 17.1 Å². The largest absolute Gasteiger partial charge is 0.487 e. The maximum Gasteiger partial charge on any atom is 0.412 e. The van der Waals surface area contributed by atoms with Crippen molar-refractivity contribution in [2.45, 2.75) is 105 Å². The summed E-state index contributed by atoms with van der Waals surface area (Å²) in [7, 11) is 1.61. The van der Waals surface area contributed by atoms with Crippen LogP contribution in [0, 0.1) is 13.8 Å². The number of methoxy groups -OCH3 is 1. The highest BCUT2D eigenvalue weighted by Crippen LogP contribution is 2.42. The molecule has 1 heterocycles. The fraction of sp³-hybridized carbons (Fsp3) is 0.600. The van der Waals surface area contributed by atoms with Crippen molar-refractivity contribution in [3.8, 4) is 11.5 Å². The summed E-state index contributed by atoms with van der Waals surface area (Å²) < 4.78 is 57.3. The van der Waals surface area contributed by atoms with Crippen LogP contribution in [0.4, 0.5) is 13.2 Å². The van der Waals surface area contributed by atoms with E-state index in [0.29, 0.717) is 19.3 Å². The summed E-state index contributed by atoms with van der Waals surface area (Å²) in [6.07, 6.45) is 6.12. The van der Waals surface area contributed by atoms with Crippen molar-refractivity contribution in [3.05, 3.63) is 57.7 Å². The second kappa shape index (κ2) is 13.4. The Morgan fingerprint density at radius 1 is 1.06 bits per heavy atom. The van der Waals surface area contributed by atoms with Gasteiger partial charge in [0.05, 0.1) is 0 Å². The van der Waals surface area contributed by atoms with Gasteiger partial charge in [-0.1, -0.05) is 29.4 Å². The van der Waals surface area contributed by atoms with Gasteiger partial charge in [-0.2, -0.15) is 13.2 Å². The molecule has 1 aromatic carbocycles. The molecule has 0 fully saturated rings. The SMILES string of the molecule is COCOc1cc(C)c2c(c1C)CCC(C)(CC/C=C(\C)CC/C=C(/CCC=C(C)C)C(F)(F)F)O2. The number of alkyl halides is 3. The molecule has 0 radical (unpaired) electrons. The summed E-state index contributed by atoms with van der Waals surface area (Å²) in [5.74, 6) is 1.78. The van der Waals surface area contributed by atoms with Crippen molar-refractivity contribution in [3.63, 3.8) is 0 Å². The number of halogens is 3. The van der Waals surface area contributed by atoms with Crippen LogP contribution in [0.2, 0.25) is 0 Å². The Morgan fingerprint density at radius 2 is 1.75 bits per heavy atom. The lowest BCUT2D eigenvalue weighted by molar-refractivity contribution is -0.0941. The standard InChI is InChI=1S/C30H43F3O3/c1-21(2)11-8-14-25(30(31,32)33)15-9-12-22(3)13-10-17-29(6)18-16-26-24(5)27(35-20-34-7)19-23(4)28(26)36-29/h11,13,15,19H,8-10,12,14,16-18,20H2,1-7H3/b22-13+,25-15-. The van der Waals surface area contributed by atoms with E-state index in [1.807, 2.05) is 39.8 Å². The molecule has 36 heavy (non-hydrogen) atoms. The molecule has 0 saturated carbocycles. The number of allylic oxidation sites excluding steroid dienone is 6. The zero-order valence-corrected chi connectivity index (χ0v) is 23.0. The first-order valence-corrected chi connectivity index (χ1v) is 12.9. The van der Waals surface area contributed by atoms with Crippen molar-refractivity contribution in [1.82, 2.24) is 0 Å². The van der Waals surface area contributed by atoms with Crippen LogP contribution in [0.15, 0.2) is 41.0 Å². The van der Waals surface area contributed by atoms with E-state index >= 15 is 0 Å². The third-order valence-electron chi connectivity index (χ3n) is 6.81. The van der Waals surface area contributed by atoms with Crippen molar-refractivity contribution < 1.29 is 27.4 Å². The third-order valence-corrected chi connectivity index (χ3v) is 6.81. The van der Waals surface area contributed by atoms with Crippen LogP contribution < -0.4 is 9.47 Å². The van der Waals surface area contributed by atoms with Crippen LogP contribution in [0.1, 0.15) is 89.3 Å². The fourth-order valence-corrected chi connectivity index (χ4v) is 4.58. The Morgan fingerprint density at radius 3 is 2.39 bits per heavy atom. The highest BCUT2D eigenvalue weighted by atomic mass is 19.4. The average Bonchev–Trinajstić information content (AvgIpc) is 2.78. The molecule has 202 valence electrons. The first kappa shape index (κ1) is 30.0. The van der Waals surface area contributed by atoms with Crippen LogP contribution >= 0.6 is 0 Å². The Balaban J connectivity index is 1.94. The molecule has 1 aliphatic rings. The quantitative estimate of drug-likeness (QED) is 0.208. The summed E-state index contributed by atoms with van der Waals surface area (Å²) in [6.45, 7) is 12.3. The molecule has 1 aliphatic heterocycles. The molecular formula is C30H43F3O3. The number of ether oxygens (including phenoxy) is 3. The minimum Gasteiger partial charge on any atom is -0.487 e. The predicted octanol–water partition coefficient (Wildman–Crippen LogP) is 9.11. The zero-order valence-electron chi connectivity index (χ0n) is 23.0. The first-order chi connectivity index (χ1) is 16.9. The van der Waals surface area contributed by atoms with Gasteiger partial charge in [0.2, 0.25) is 0 Å². The second-order valence-corrected chi connectivity index (χ2v) is 10.4. The minimum absolute atomic E-state index is 0.0352. The molecule has 1 unspecified atom stereocenters. The molecule has 0 spiro atoms. The lowest BCUT2D eigenvalue weighted by Crippen LogP contribution is -2.36. The van der Waals surface area contributed by atoms with Crippen LogP contribution in [-0.2, 0) is 11.2 Å². The molecule has 3 nitrogen and oxygen atoms in total. The van der Waals surface area contributed by atoms with Gasteiger partial charge in [0.25, 0.3) is 0 Å². The van der Waals surface area contributed by atoms with E-state index < -0.39 is 11.7 Å². The van der Waals surface area contributed by atoms with Crippen LogP contribution in [0.5, 0.6) is 11.5 Å². The summed E-state index contributed by atoms with van der Waals surface area (Å²) >= 11 is 0. The number of fused-ring (bicyclic) bond motifs is 1. The normalized spacial score (nSPS) is 18.5. The summed E-state index contributed by atoms with van der Waals surface area (Å²) in [4.78, 5) is 0. The Hall–Kier alpha value is -2.21. The molecule has 6 heteroatoms. The number of aryl methyl sites for hydroxylation is 1. The van der Waals surface area contributed by atoms with Gasteiger partial charge in [-0.25, -0.2) is 0 Å². The van der Waals surface area contributed by atoms with E-state index in [1.54, 1.807) is 7.11 Å². The molecule has 0 N–H and O–H groups in total. The molecule has 2 rings (SSSR count). The Labute approximate surface area is 215 Å². The molecule has 0 bridgehead atoms. The highest BCUT2D eigenvalue weighted by molar-refractivity contribution is 5.54. The smallest absolute Gasteiger partial charge is 0.412 e. The number of benzene rings is 1. The second-order valence-electron chi connectivity index (χ2n) is 10.4. The van der Waals surface area contributed by atoms with E-state index in [-0.39, 0.29) is 18.8 Å². The lowest BCUT2D eigenvalue weighted by atomic mass is 9.86. The Bertz CT molecular complexity index is 969. The molecule has 0 aromatic heterocycles. The van der Waals surface area contributed by atoms with E-state index in [9.17, 15) is 13.2 Å². The van der Waals surface area contributed by atoms with Crippen molar-refractivity contribution in [1.29, 1.82) is 0 Å². The number of hydrogen-bond acceptors (Lipinski definition) is 3. The van der Waals surface area contributed by atoms with Gasteiger partial charge in [-0.15, -0.1) is 0 Å². The van der Waals surface area contributed by atoms with E-state index in [4.69, 9.17) is 14.2 Å². The van der Waals surface area contributed by atoms with E-state index in [2.05, 4.69) is 19.9 Å². The van der Waals surface area contributed by atoms with E-state index in [1.165, 1.54) is 11.6 Å². The predicted molar refractivity (Wildman–Crippen MR) is 141 cm³/mol. The monoisotopic (exact) mass is 508 g/mol. The Kier molecular flexibility index (Phi) is 11.1. The number of rotatable bonds is 12. The molecule has 1 atom stereocenters. The van der Waals surface area contributed by atoms with Crippen LogP contribution in [0.3, 0.4) is 0 Å². The molecule has 0 aliphatic carbocycles. The molecule has 0 saturated heterocycles. The molecule has 1 aromatic rings. The fourth-order valence-electron chi connectivity index (χ4n) is 4.58. The van der Waals surface area contributed by atoms with Crippen LogP contribution in [0.25, 0.3) is 0 Å². The van der Waals surface area contributed by atoms with Gasteiger partial charge >= 0.3 is 6.18 Å². The summed E-state index contributed by atoms with van der Waals surface area (Å²) in [5, 5.41) is 0. The molecule has 0 amide bonds. The number of hydrogen-bond donors (Lipinski definition) is 0. The molecular weight excluding hydrogens is 465 g/mol.